The molecule has 108 valence electrons. The van der Waals surface area contributed by atoms with Gasteiger partial charge in [0.15, 0.2) is 0 Å². The molecule has 1 unspecified atom stereocenters. The van der Waals surface area contributed by atoms with E-state index in [9.17, 15) is 8.78 Å². The van der Waals surface area contributed by atoms with E-state index in [0.717, 1.165) is 11.1 Å². The Balaban J connectivity index is 2.15. The molecule has 0 aliphatic carbocycles. The van der Waals surface area contributed by atoms with Gasteiger partial charge in [-0.3, -0.25) is 0 Å². The van der Waals surface area contributed by atoms with Gasteiger partial charge in [-0.05, 0) is 55.3 Å². The molecule has 0 saturated heterocycles. The lowest BCUT2D eigenvalue weighted by Gasteiger charge is -2.13. The van der Waals surface area contributed by atoms with Crippen molar-refractivity contribution >= 4 is 11.0 Å². The Morgan fingerprint density at radius 1 is 1.00 bits per heavy atom. The number of nitrogens with two attached hydrogens (primary N) is 1. The van der Waals surface area contributed by atoms with Crippen LogP contribution in [0.5, 0.6) is 0 Å². The summed E-state index contributed by atoms with van der Waals surface area (Å²) in [5.41, 5.74) is 9.14. The van der Waals surface area contributed by atoms with Crippen molar-refractivity contribution in [3.63, 3.8) is 0 Å². The van der Waals surface area contributed by atoms with Crippen LogP contribution in [0.1, 0.15) is 28.5 Å². The van der Waals surface area contributed by atoms with Crippen molar-refractivity contribution in [1.29, 1.82) is 0 Å². The van der Waals surface area contributed by atoms with E-state index < -0.39 is 6.04 Å². The van der Waals surface area contributed by atoms with E-state index in [-0.39, 0.29) is 11.6 Å². The smallest absolute Gasteiger partial charge is 0.134 e. The predicted octanol–water partition coefficient (Wildman–Crippen LogP) is 4.38. The Morgan fingerprint density at radius 3 is 2.43 bits per heavy atom. The standard InChI is InChI=1S/C17H15F2NO/c1-9-3-4-11(18)7-13(9)16(20)17-10(2)14-8-12(19)5-6-15(14)21-17/h3-8,16H,20H2,1-2H3. The maximum absolute atomic E-state index is 13.4. The number of benzene rings is 2. The van der Waals surface area contributed by atoms with Gasteiger partial charge in [-0.2, -0.15) is 0 Å². The molecule has 3 rings (SSSR count). The summed E-state index contributed by atoms with van der Waals surface area (Å²) in [4.78, 5) is 0. The van der Waals surface area contributed by atoms with Crippen LogP contribution in [-0.2, 0) is 0 Å². The van der Waals surface area contributed by atoms with Crippen molar-refractivity contribution in [3.05, 3.63) is 70.5 Å². The average molecular weight is 287 g/mol. The molecule has 0 radical (unpaired) electrons. The van der Waals surface area contributed by atoms with Crippen molar-refractivity contribution in [2.45, 2.75) is 19.9 Å². The molecule has 1 heterocycles. The topological polar surface area (TPSA) is 39.2 Å². The van der Waals surface area contributed by atoms with Crippen LogP contribution in [0.15, 0.2) is 40.8 Å². The predicted molar refractivity (Wildman–Crippen MR) is 78.1 cm³/mol. The van der Waals surface area contributed by atoms with Crippen LogP contribution in [0.4, 0.5) is 8.78 Å². The fourth-order valence-electron chi connectivity index (χ4n) is 2.60. The Morgan fingerprint density at radius 2 is 1.67 bits per heavy atom. The highest BCUT2D eigenvalue weighted by Gasteiger charge is 2.20. The second-order valence-corrected chi connectivity index (χ2v) is 5.21. The van der Waals surface area contributed by atoms with Gasteiger partial charge < -0.3 is 10.2 Å². The molecule has 1 aromatic heterocycles. The molecule has 0 amide bonds. The van der Waals surface area contributed by atoms with E-state index in [4.69, 9.17) is 10.2 Å². The lowest BCUT2D eigenvalue weighted by molar-refractivity contribution is 0.518. The zero-order valence-corrected chi connectivity index (χ0v) is 11.8. The van der Waals surface area contributed by atoms with E-state index >= 15 is 0 Å². The maximum atomic E-state index is 13.4. The average Bonchev–Trinajstić information content (AvgIpc) is 2.78. The van der Waals surface area contributed by atoms with Crippen molar-refractivity contribution in [3.8, 4) is 0 Å². The number of rotatable bonds is 2. The van der Waals surface area contributed by atoms with E-state index in [1.54, 1.807) is 12.1 Å². The maximum Gasteiger partial charge on any atom is 0.134 e. The van der Waals surface area contributed by atoms with E-state index in [2.05, 4.69) is 0 Å². The zero-order valence-electron chi connectivity index (χ0n) is 11.8. The lowest BCUT2D eigenvalue weighted by Crippen LogP contribution is -2.13. The van der Waals surface area contributed by atoms with E-state index in [1.165, 1.54) is 24.3 Å². The molecule has 21 heavy (non-hydrogen) atoms. The minimum atomic E-state index is -0.587. The normalized spacial score (nSPS) is 12.8. The van der Waals surface area contributed by atoms with Gasteiger partial charge in [-0.25, -0.2) is 8.78 Å². The molecule has 4 heteroatoms. The zero-order chi connectivity index (χ0) is 15.1. The molecule has 2 N–H and O–H groups in total. The van der Waals surface area contributed by atoms with Gasteiger partial charge in [0.2, 0.25) is 0 Å². The number of hydrogen-bond acceptors (Lipinski definition) is 2. The van der Waals surface area contributed by atoms with Crippen LogP contribution in [0.3, 0.4) is 0 Å². The van der Waals surface area contributed by atoms with Crippen LogP contribution in [0.2, 0.25) is 0 Å². The first-order valence-corrected chi connectivity index (χ1v) is 6.67. The van der Waals surface area contributed by atoms with Crippen LogP contribution in [0, 0.1) is 25.5 Å². The van der Waals surface area contributed by atoms with Gasteiger partial charge in [0.1, 0.15) is 23.0 Å². The number of aryl methyl sites for hydroxylation is 2. The molecule has 0 bridgehead atoms. The summed E-state index contributed by atoms with van der Waals surface area (Å²) in [6, 6.07) is 8.24. The Bertz CT molecular complexity index is 823. The summed E-state index contributed by atoms with van der Waals surface area (Å²) in [5.74, 6) is -0.136. The molecule has 1 atom stereocenters. The van der Waals surface area contributed by atoms with Crippen molar-refractivity contribution in [1.82, 2.24) is 0 Å². The second-order valence-electron chi connectivity index (χ2n) is 5.21. The summed E-state index contributed by atoms with van der Waals surface area (Å²) in [6.07, 6.45) is 0. The quantitative estimate of drug-likeness (QED) is 0.760. The van der Waals surface area contributed by atoms with Gasteiger partial charge >= 0.3 is 0 Å². The van der Waals surface area contributed by atoms with Gasteiger partial charge in [-0.1, -0.05) is 6.07 Å². The van der Waals surface area contributed by atoms with Crippen molar-refractivity contribution < 1.29 is 13.2 Å². The monoisotopic (exact) mass is 287 g/mol. The van der Waals surface area contributed by atoms with Gasteiger partial charge in [0.25, 0.3) is 0 Å². The lowest BCUT2D eigenvalue weighted by atomic mass is 9.97. The molecular weight excluding hydrogens is 272 g/mol. The molecule has 2 aromatic carbocycles. The molecule has 2 nitrogen and oxygen atoms in total. The van der Waals surface area contributed by atoms with Crippen LogP contribution >= 0.6 is 0 Å². The van der Waals surface area contributed by atoms with Crippen molar-refractivity contribution in [2.75, 3.05) is 0 Å². The second kappa shape index (κ2) is 4.97. The summed E-state index contributed by atoms with van der Waals surface area (Å²) in [6.45, 7) is 3.70. The highest BCUT2D eigenvalue weighted by Crippen LogP contribution is 2.33. The highest BCUT2D eigenvalue weighted by molar-refractivity contribution is 5.82. The molecule has 0 saturated carbocycles. The van der Waals surface area contributed by atoms with Crippen LogP contribution < -0.4 is 5.73 Å². The summed E-state index contributed by atoms with van der Waals surface area (Å²) in [7, 11) is 0. The number of hydrogen-bond donors (Lipinski definition) is 1. The number of furan rings is 1. The molecule has 0 spiro atoms. The Hall–Kier alpha value is -2.20. The SMILES string of the molecule is Cc1ccc(F)cc1C(N)c1oc2ccc(F)cc2c1C. The first kappa shape index (κ1) is 13.8. The number of halogens is 2. The number of fused-ring (bicyclic) bond motifs is 1. The minimum absolute atomic E-state index is 0.326. The molecule has 0 aliphatic rings. The Labute approximate surface area is 121 Å². The van der Waals surface area contributed by atoms with E-state index in [1.807, 2.05) is 13.8 Å². The third-order valence-electron chi connectivity index (χ3n) is 3.79. The third-order valence-corrected chi connectivity index (χ3v) is 3.79. The summed E-state index contributed by atoms with van der Waals surface area (Å²) >= 11 is 0. The first-order valence-electron chi connectivity index (χ1n) is 6.67. The van der Waals surface area contributed by atoms with Crippen LogP contribution in [0.25, 0.3) is 11.0 Å². The highest BCUT2D eigenvalue weighted by atomic mass is 19.1. The minimum Gasteiger partial charge on any atom is -0.459 e. The Kier molecular flexibility index (Phi) is 3.26. The van der Waals surface area contributed by atoms with E-state index in [0.29, 0.717) is 22.3 Å². The fourth-order valence-corrected chi connectivity index (χ4v) is 2.60. The summed E-state index contributed by atoms with van der Waals surface area (Å²) < 4.78 is 32.5. The van der Waals surface area contributed by atoms with Gasteiger partial charge in [0, 0.05) is 10.9 Å². The molecule has 3 aromatic rings. The van der Waals surface area contributed by atoms with Crippen molar-refractivity contribution in [2.24, 2.45) is 5.73 Å². The molecule has 0 aliphatic heterocycles. The van der Waals surface area contributed by atoms with Gasteiger partial charge in [0.05, 0.1) is 6.04 Å². The largest absolute Gasteiger partial charge is 0.459 e. The van der Waals surface area contributed by atoms with Crippen LogP contribution in [-0.4, -0.2) is 0 Å². The fraction of sp³-hybridized carbons (Fsp3) is 0.176. The third kappa shape index (κ3) is 2.32. The van der Waals surface area contributed by atoms with Gasteiger partial charge in [-0.15, -0.1) is 0 Å². The molecular formula is C17H15F2NO. The first-order chi connectivity index (χ1) is 9.97. The molecule has 0 fully saturated rings. The summed E-state index contributed by atoms with van der Waals surface area (Å²) in [5, 5.41) is 0.689.